The summed E-state index contributed by atoms with van der Waals surface area (Å²) in [6, 6.07) is 0. The van der Waals surface area contributed by atoms with E-state index in [1.54, 1.807) is 6.92 Å². The van der Waals surface area contributed by atoms with E-state index in [-0.39, 0.29) is 41.2 Å². The van der Waals surface area contributed by atoms with Crippen LogP contribution in [0.2, 0.25) is 0 Å². The quantitative estimate of drug-likeness (QED) is 0.131. The largest absolute Gasteiger partial charge is 0.393 e. The minimum absolute atomic E-state index is 0.0411. The molecule has 0 bridgehead atoms. The molecule has 2 spiro atoms. The summed E-state index contributed by atoms with van der Waals surface area (Å²) >= 11 is 0. The molecule has 7 rings (SSSR count). The van der Waals surface area contributed by atoms with Crippen molar-refractivity contribution in [2.75, 3.05) is 13.2 Å². The lowest BCUT2D eigenvalue weighted by atomic mass is 9.45. The van der Waals surface area contributed by atoms with Crippen LogP contribution in [-0.2, 0) is 28.5 Å². The molecule has 0 aromatic rings. The van der Waals surface area contributed by atoms with Crippen molar-refractivity contribution in [3.63, 3.8) is 0 Å². The van der Waals surface area contributed by atoms with Gasteiger partial charge < -0.3 is 64.9 Å². The van der Waals surface area contributed by atoms with Crippen LogP contribution in [0.4, 0.5) is 0 Å². The van der Waals surface area contributed by atoms with Crippen LogP contribution in [0.15, 0.2) is 11.6 Å². The fourth-order valence-electron chi connectivity index (χ4n) is 12.9. The zero-order chi connectivity index (χ0) is 41.3. The van der Waals surface area contributed by atoms with Gasteiger partial charge in [-0.25, -0.2) is 0 Å². The Balaban J connectivity index is 1.03. The van der Waals surface area contributed by atoms with Crippen molar-refractivity contribution in [1.82, 2.24) is 0 Å². The van der Waals surface area contributed by atoms with Crippen LogP contribution < -0.4 is 0 Å². The fraction of sp³-hybridized carbons (Fsp3) is 0.902. The summed E-state index contributed by atoms with van der Waals surface area (Å²) < 4.78 is 22.3. The molecule has 4 saturated carbocycles. The standard InChI is InChI=1S/C41H64O15/c1-18(25-28(47)33(52)39(7)23-9-8-22-36(2,3)24(44)10-11-40(22)17-41(23,40)13-12-38(25,39)6)14-19(42)32(51)37(4,5)56-35-31(50)29(48)27(46)21(55-35)16-54-34-30(49)26(45)20(43)15-53-34/h9,18,20-22,24-27,29-35,43-46,48-52H,8,10-17H2,1-7H3/t18-,20-,21-,22+,24+,25+,26+,27-,29+,30-,31-,32?,33+,34+,35+,38-,39-,40-,41+/m1/s1. The van der Waals surface area contributed by atoms with E-state index >= 15 is 0 Å². The van der Waals surface area contributed by atoms with Crippen molar-refractivity contribution < 1.29 is 74.5 Å². The average Bonchev–Trinajstić information content (AvgIpc) is 3.78. The molecule has 1 unspecified atom stereocenters. The molecular weight excluding hydrogens is 732 g/mol. The Morgan fingerprint density at radius 1 is 0.929 bits per heavy atom. The molecule has 15 heteroatoms. The number of allylic oxidation sites excluding steroid dienone is 1. The highest BCUT2D eigenvalue weighted by atomic mass is 16.7. The van der Waals surface area contributed by atoms with Crippen molar-refractivity contribution in [3.8, 4) is 0 Å². The highest BCUT2D eigenvalue weighted by molar-refractivity contribution is 5.92. The lowest BCUT2D eigenvalue weighted by molar-refractivity contribution is -0.340. The highest BCUT2D eigenvalue weighted by Gasteiger charge is 2.82. The third-order valence-corrected chi connectivity index (χ3v) is 16.5. The summed E-state index contributed by atoms with van der Waals surface area (Å²) in [5.41, 5.74) is -2.37. The zero-order valence-electron chi connectivity index (χ0n) is 33.6. The monoisotopic (exact) mass is 796 g/mol. The number of carbonyl (C=O) groups excluding carboxylic acids is 2. The number of Topliss-reactive ketones (excluding diaryl/α,β-unsaturated/α-hetero) is 2. The number of carbonyl (C=O) groups is 2. The lowest BCUT2D eigenvalue weighted by Crippen LogP contribution is -2.62. The van der Waals surface area contributed by atoms with Gasteiger partial charge in [0.15, 0.2) is 24.1 Å². The first-order chi connectivity index (χ1) is 25.9. The normalized spacial score (nSPS) is 50.8. The van der Waals surface area contributed by atoms with Crippen molar-refractivity contribution in [2.24, 2.45) is 44.8 Å². The minimum Gasteiger partial charge on any atom is -0.393 e. The van der Waals surface area contributed by atoms with Gasteiger partial charge >= 0.3 is 0 Å². The van der Waals surface area contributed by atoms with Gasteiger partial charge in [0.2, 0.25) is 0 Å². The maximum Gasteiger partial charge on any atom is 0.187 e. The van der Waals surface area contributed by atoms with Crippen molar-refractivity contribution in [1.29, 1.82) is 0 Å². The number of ketones is 2. The predicted octanol–water partition coefficient (Wildman–Crippen LogP) is -0.129. The van der Waals surface area contributed by atoms with Gasteiger partial charge in [0, 0.05) is 17.8 Å². The molecule has 5 aliphatic carbocycles. The molecule has 0 radical (unpaired) electrons. The molecule has 318 valence electrons. The summed E-state index contributed by atoms with van der Waals surface area (Å²) in [6.07, 6.45) is -10.6. The van der Waals surface area contributed by atoms with Crippen LogP contribution in [0.1, 0.15) is 93.4 Å². The number of ether oxygens (including phenoxy) is 4. The van der Waals surface area contributed by atoms with Crippen LogP contribution in [0, 0.1) is 44.8 Å². The third kappa shape index (κ3) is 5.93. The number of fused-ring (bicyclic) bond motifs is 2. The van der Waals surface area contributed by atoms with E-state index < -0.39 is 108 Å². The Hall–Kier alpha value is -1.44. The second-order valence-electron chi connectivity index (χ2n) is 20.0. The van der Waals surface area contributed by atoms with Gasteiger partial charge in [-0.05, 0) is 85.9 Å². The highest BCUT2D eigenvalue weighted by Crippen LogP contribution is 2.87. The Kier molecular flexibility index (Phi) is 10.7. The summed E-state index contributed by atoms with van der Waals surface area (Å²) in [6.45, 7) is 12.2. The van der Waals surface area contributed by atoms with E-state index in [2.05, 4.69) is 26.8 Å². The Morgan fingerprint density at radius 3 is 2.27 bits per heavy atom. The maximum atomic E-state index is 14.2. The Bertz CT molecular complexity index is 1580. The van der Waals surface area contributed by atoms with Crippen LogP contribution in [0.3, 0.4) is 0 Å². The number of rotatable bonds is 10. The van der Waals surface area contributed by atoms with Crippen LogP contribution >= 0.6 is 0 Å². The predicted molar refractivity (Wildman–Crippen MR) is 195 cm³/mol. The molecule has 0 aromatic carbocycles. The van der Waals surface area contributed by atoms with Crippen molar-refractivity contribution >= 4 is 11.6 Å². The third-order valence-electron chi connectivity index (χ3n) is 16.5. The van der Waals surface area contributed by atoms with Gasteiger partial charge in [-0.1, -0.05) is 46.3 Å². The van der Waals surface area contributed by atoms with E-state index in [0.717, 1.165) is 32.1 Å². The first-order valence-corrected chi connectivity index (χ1v) is 20.4. The Morgan fingerprint density at radius 2 is 1.59 bits per heavy atom. The van der Waals surface area contributed by atoms with E-state index in [4.69, 9.17) is 18.9 Å². The first-order valence-electron chi connectivity index (χ1n) is 20.4. The van der Waals surface area contributed by atoms with Gasteiger partial charge in [-0.3, -0.25) is 9.59 Å². The van der Waals surface area contributed by atoms with Crippen LogP contribution in [0.25, 0.3) is 0 Å². The number of hydrogen-bond acceptors (Lipinski definition) is 15. The minimum atomic E-state index is -1.81. The van der Waals surface area contributed by atoms with Crippen molar-refractivity contribution in [3.05, 3.63) is 11.6 Å². The summed E-state index contributed by atoms with van der Waals surface area (Å²) in [5, 5.41) is 96.2. The van der Waals surface area contributed by atoms with Crippen LogP contribution in [-0.4, -0.2) is 150 Å². The maximum absolute atomic E-state index is 14.2. The molecule has 56 heavy (non-hydrogen) atoms. The van der Waals surface area contributed by atoms with E-state index in [0.29, 0.717) is 12.3 Å². The molecule has 0 amide bonds. The number of aliphatic hydroxyl groups is 9. The second-order valence-corrected chi connectivity index (χ2v) is 20.0. The second kappa shape index (κ2) is 14.1. The summed E-state index contributed by atoms with van der Waals surface area (Å²) in [4.78, 5) is 28.1. The molecular formula is C41H64O15. The zero-order valence-corrected chi connectivity index (χ0v) is 33.6. The summed E-state index contributed by atoms with van der Waals surface area (Å²) in [7, 11) is 0. The molecule has 9 N–H and O–H groups in total. The van der Waals surface area contributed by atoms with E-state index in [9.17, 15) is 55.5 Å². The van der Waals surface area contributed by atoms with Gasteiger partial charge in [-0.2, -0.15) is 0 Å². The molecule has 7 aliphatic rings. The molecule has 19 atom stereocenters. The van der Waals surface area contributed by atoms with Gasteiger partial charge in [0.1, 0.15) is 54.9 Å². The number of aliphatic hydroxyl groups excluding tert-OH is 9. The van der Waals surface area contributed by atoms with E-state index in [1.807, 2.05) is 6.92 Å². The van der Waals surface area contributed by atoms with Gasteiger partial charge in [0.25, 0.3) is 0 Å². The summed E-state index contributed by atoms with van der Waals surface area (Å²) in [5.74, 6) is -1.85. The van der Waals surface area contributed by atoms with Gasteiger partial charge in [-0.15, -0.1) is 0 Å². The van der Waals surface area contributed by atoms with Gasteiger partial charge in [0.05, 0.1) is 24.9 Å². The molecule has 2 saturated heterocycles. The molecule has 0 aromatic heterocycles. The Labute approximate surface area is 328 Å². The molecule has 15 nitrogen and oxygen atoms in total. The lowest BCUT2D eigenvalue weighted by Gasteiger charge is -2.59. The van der Waals surface area contributed by atoms with Crippen molar-refractivity contribution in [2.45, 2.75) is 173 Å². The topological polar surface area (TPSA) is 253 Å². The first kappa shape index (κ1) is 42.7. The SMILES string of the molecule is C[C@H](CC(=O)C(O)C(C)(C)O[C@@H]1O[C@H](CO[C@@H]2OC[C@@H](O)[C@H](O)[C@H]2O)[C@@H](O)[C@H](O)[C@H]1O)[C@H]1C(=O)[C@H](O)[C@@]2(C)C3=CC[C@H]4C(C)(C)[C@@H](O)CC[C@@]45C[C@@]35CC[C@]12C. The van der Waals surface area contributed by atoms with E-state index in [1.165, 1.54) is 19.4 Å². The average molecular weight is 797 g/mol. The smallest absolute Gasteiger partial charge is 0.187 e. The number of hydrogen-bond donors (Lipinski definition) is 9. The fourth-order valence-corrected chi connectivity index (χ4v) is 12.9. The molecule has 2 aliphatic heterocycles. The molecule has 2 heterocycles. The molecule has 6 fully saturated rings. The van der Waals surface area contributed by atoms with Crippen LogP contribution in [0.5, 0.6) is 0 Å².